The first-order chi connectivity index (χ1) is 18.3. The molecule has 5 N–H and O–H groups in total. The number of ketones is 1. The van der Waals surface area contributed by atoms with E-state index in [9.17, 15) is 18.0 Å². The van der Waals surface area contributed by atoms with E-state index in [-0.39, 0.29) is 38.0 Å². The average molecular weight is 553 g/mol. The van der Waals surface area contributed by atoms with Gasteiger partial charge in [0.2, 0.25) is 22.7 Å². The van der Waals surface area contributed by atoms with Crippen molar-refractivity contribution in [1.29, 1.82) is 0 Å². The zero-order valence-corrected chi connectivity index (χ0v) is 22.2. The minimum atomic E-state index is -3.84. The second-order valence-corrected chi connectivity index (χ2v) is 11.9. The number of ether oxygens (including phenoxy) is 2. The molecule has 3 heterocycles. The fraction of sp³-hybridized carbons (Fsp3) is 0.321. The van der Waals surface area contributed by atoms with Crippen LogP contribution in [-0.4, -0.2) is 48.8 Å². The number of nitrogens with zero attached hydrogens (tertiary/aromatic N) is 2. The van der Waals surface area contributed by atoms with E-state index < -0.39 is 27.4 Å². The molecule has 2 fully saturated rings. The molecule has 3 aliphatic rings. The Balaban J connectivity index is 0.00000185. The van der Waals surface area contributed by atoms with Gasteiger partial charge in [0.05, 0.1) is 16.0 Å². The van der Waals surface area contributed by atoms with Crippen molar-refractivity contribution >= 4 is 21.7 Å². The topological polar surface area (TPSA) is 164 Å². The van der Waals surface area contributed by atoms with Crippen molar-refractivity contribution in [3.05, 3.63) is 71.9 Å². The summed E-state index contributed by atoms with van der Waals surface area (Å²) in [5.74, 6) is 0.835. The van der Waals surface area contributed by atoms with Crippen LogP contribution >= 0.6 is 0 Å². The Hall–Kier alpha value is -3.80. The highest BCUT2D eigenvalue weighted by Crippen LogP contribution is 2.51. The molecule has 1 amide bonds. The predicted molar refractivity (Wildman–Crippen MR) is 145 cm³/mol. The normalized spacial score (nSPS) is 19.3. The molecule has 10 nitrogen and oxygen atoms in total. The summed E-state index contributed by atoms with van der Waals surface area (Å²) in [7, 11) is -3.84. The molecule has 1 saturated carbocycles. The summed E-state index contributed by atoms with van der Waals surface area (Å²) >= 11 is 0. The first kappa shape index (κ1) is 26.8. The predicted octanol–water partition coefficient (Wildman–Crippen LogP) is 3.37. The molecule has 1 aromatic heterocycles. The number of primary amides is 1. The number of hydrogen-bond acceptors (Lipinski definition) is 8. The molecule has 0 spiro atoms. The summed E-state index contributed by atoms with van der Waals surface area (Å²) in [6.45, 7) is 0.457. The minimum Gasteiger partial charge on any atom is -0.454 e. The fourth-order valence-electron chi connectivity index (χ4n) is 5.37. The Morgan fingerprint density at radius 1 is 1.05 bits per heavy atom. The number of hydrogen-bond donors (Lipinski definition) is 2. The number of rotatable bonds is 8. The van der Waals surface area contributed by atoms with Crippen LogP contribution < -0.4 is 21.4 Å². The Kier molecular flexibility index (Phi) is 6.91. The van der Waals surface area contributed by atoms with Crippen LogP contribution in [0.1, 0.15) is 38.4 Å². The number of fused-ring (bicyclic) bond motifs is 1. The van der Waals surface area contributed by atoms with Crippen LogP contribution in [0.2, 0.25) is 0 Å². The van der Waals surface area contributed by atoms with E-state index >= 15 is 0 Å². The van der Waals surface area contributed by atoms with Crippen LogP contribution in [0.3, 0.4) is 0 Å². The molecule has 0 bridgehead atoms. The van der Waals surface area contributed by atoms with E-state index in [1.165, 1.54) is 16.4 Å². The Bertz CT molecular complexity index is 1540. The van der Waals surface area contributed by atoms with Gasteiger partial charge in [-0.2, -0.15) is 4.31 Å². The van der Waals surface area contributed by atoms with Crippen molar-refractivity contribution in [2.24, 2.45) is 5.73 Å². The summed E-state index contributed by atoms with van der Waals surface area (Å²) in [5.41, 5.74) is 7.85. The lowest BCUT2D eigenvalue weighted by Gasteiger charge is -2.21. The van der Waals surface area contributed by atoms with Crippen molar-refractivity contribution in [1.82, 2.24) is 15.4 Å². The van der Waals surface area contributed by atoms with Gasteiger partial charge in [-0.25, -0.2) is 8.42 Å². The maximum Gasteiger partial charge on any atom is 0.243 e. The van der Waals surface area contributed by atoms with Gasteiger partial charge in [0.15, 0.2) is 11.5 Å². The fourth-order valence-corrected chi connectivity index (χ4v) is 7.03. The molecule has 6 rings (SSSR count). The highest BCUT2D eigenvalue weighted by atomic mass is 32.2. The number of carbonyl (C=O) groups is 2. The SMILES string of the molecule is N.NC(=O)[C@@H]1CCCN1S(=O)(=O)c1ccc(-c2cccc(CC(=O)C3(c4ccc5c(c4)OCO5)CC3)n2)cc1.[HH]. The van der Waals surface area contributed by atoms with Crippen LogP contribution in [0.4, 0.5) is 0 Å². The van der Waals surface area contributed by atoms with Gasteiger partial charge in [-0.3, -0.25) is 14.6 Å². The van der Waals surface area contributed by atoms with Crippen molar-refractivity contribution in [2.75, 3.05) is 13.3 Å². The number of pyridine rings is 1. The molecule has 1 aliphatic carbocycles. The molecule has 1 saturated heterocycles. The van der Waals surface area contributed by atoms with Crippen LogP contribution in [0, 0.1) is 0 Å². The summed E-state index contributed by atoms with van der Waals surface area (Å²) in [4.78, 5) is 29.9. The average Bonchev–Trinajstić information content (AvgIpc) is 3.33. The molecule has 11 heteroatoms. The Morgan fingerprint density at radius 2 is 1.79 bits per heavy atom. The lowest BCUT2D eigenvalue weighted by Crippen LogP contribution is -2.43. The van der Waals surface area contributed by atoms with Crippen LogP contribution in [0.5, 0.6) is 11.5 Å². The summed E-state index contributed by atoms with van der Waals surface area (Å²) < 4.78 is 38.3. The van der Waals surface area contributed by atoms with E-state index in [2.05, 4.69) is 0 Å². The van der Waals surface area contributed by atoms with Crippen molar-refractivity contribution in [2.45, 2.75) is 48.5 Å². The zero-order chi connectivity index (χ0) is 26.5. The molecule has 0 radical (unpaired) electrons. The van der Waals surface area contributed by atoms with Crippen LogP contribution in [-0.2, 0) is 31.4 Å². The second kappa shape index (κ2) is 10.1. The van der Waals surface area contributed by atoms with Gasteiger partial charge in [0.25, 0.3) is 0 Å². The number of nitrogens with two attached hydrogens (primary N) is 1. The standard InChI is InChI=1S/C28H27N3O6S.H3N.H2/c29-27(33)23-5-2-14-31(23)38(34,35)21-9-6-18(7-10-21)22-4-1-3-20(30-22)16-26(32)28(12-13-28)19-8-11-24-25(15-19)37-17-36-24;;/h1,3-4,6-11,15,23H,2,5,12-14,16-17H2,(H2,29,33);1H3;1H/t23-;;/m0../s1. The summed E-state index contributed by atoms with van der Waals surface area (Å²) in [5, 5.41) is 0. The number of Topliss-reactive ketones (excluding diaryl/α,β-unsaturated/α-hetero) is 1. The molecular weight excluding hydrogens is 520 g/mol. The Morgan fingerprint density at radius 3 is 2.51 bits per heavy atom. The van der Waals surface area contributed by atoms with Crippen molar-refractivity contribution in [3.8, 4) is 22.8 Å². The molecule has 1 atom stereocenters. The third-order valence-electron chi connectivity index (χ3n) is 7.65. The molecule has 2 aliphatic heterocycles. The van der Waals surface area contributed by atoms with Gasteiger partial charge in [0, 0.05) is 25.6 Å². The molecule has 206 valence electrons. The summed E-state index contributed by atoms with van der Waals surface area (Å²) in [6, 6.07) is 16.8. The molecule has 2 aromatic carbocycles. The second-order valence-electron chi connectivity index (χ2n) is 9.96. The van der Waals surface area contributed by atoms with E-state index in [4.69, 9.17) is 20.2 Å². The molecule has 3 aromatic rings. The minimum absolute atomic E-state index is 0. The third kappa shape index (κ3) is 4.77. The number of sulfonamides is 1. The third-order valence-corrected chi connectivity index (χ3v) is 9.57. The van der Waals surface area contributed by atoms with Gasteiger partial charge in [0.1, 0.15) is 11.8 Å². The van der Waals surface area contributed by atoms with Gasteiger partial charge in [-0.05, 0) is 67.6 Å². The maximum absolute atomic E-state index is 13.4. The highest BCUT2D eigenvalue weighted by molar-refractivity contribution is 7.89. The number of amides is 1. The Labute approximate surface area is 228 Å². The monoisotopic (exact) mass is 552 g/mol. The molecular formula is C28H32N4O6S. The molecule has 0 unspecified atom stereocenters. The smallest absolute Gasteiger partial charge is 0.243 e. The van der Waals surface area contributed by atoms with Gasteiger partial charge in [-0.15, -0.1) is 0 Å². The number of carbonyl (C=O) groups excluding carboxylic acids is 2. The van der Waals surface area contributed by atoms with Crippen molar-refractivity contribution in [3.63, 3.8) is 0 Å². The van der Waals surface area contributed by atoms with Crippen LogP contribution in [0.25, 0.3) is 11.3 Å². The van der Waals surface area contributed by atoms with Crippen molar-refractivity contribution < 1.29 is 28.9 Å². The van der Waals surface area contributed by atoms with Crippen LogP contribution in [0.15, 0.2) is 65.6 Å². The van der Waals surface area contributed by atoms with E-state index in [0.29, 0.717) is 35.7 Å². The van der Waals surface area contributed by atoms with Gasteiger partial charge in [-0.1, -0.05) is 24.3 Å². The van der Waals surface area contributed by atoms with E-state index in [0.717, 1.165) is 24.0 Å². The molecule has 39 heavy (non-hydrogen) atoms. The maximum atomic E-state index is 13.4. The largest absolute Gasteiger partial charge is 0.454 e. The first-order valence-corrected chi connectivity index (χ1v) is 14.0. The first-order valence-electron chi connectivity index (χ1n) is 12.6. The zero-order valence-electron chi connectivity index (χ0n) is 21.3. The highest BCUT2D eigenvalue weighted by Gasteiger charge is 2.51. The van der Waals surface area contributed by atoms with Gasteiger partial charge >= 0.3 is 0 Å². The van der Waals surface area contributed by atoms with E-state index in [1.807, 2.05) is 36.4 Å². The van der Waals surface area contributed by atoms with E-state index in [1.54, 1.807) is 12.1 Å². The summed E-state index contributed by atoms with van der Waals surface area (Å²) in [6.07, 6.45) is 2.79. The van der Waals surface area contributed by atoms with Gasteiger partial charge < -0.3 is 21.4 Å². The number of benzene rings is 2. The quantitative estimate of drug-likeness (QED) is 0.429. The lowest BCUT2D eigenvalue weighted by molar-refractivity contribution is -0.121. The number of aromatic nitrogens is 1. The lowest BCUT2D eigenvalue weighted by atomic mass is 9.88.